The second-order valence-corrected chi connectivity index (χ2v) is 2.82. The van der Waals surface area contributed by atoms with Crippen LogP contribution in [0.4, 0.5) is 18.9 Å². The molecular formula is C8H6F3N3. The van der Waals surface area contributed by atoms with E-state index in [1.54, 1.807) is 0 Å². The summed E-state index contributed by atoms with van der Waals surface area (Å²) in [5, 5.41) is 0. The number of anilines is 1. The molecule has 3 nitrogen and oxygen atoms in total. The average molecular weight is 201 g/mol. The number of alkyl halides is 3. The Hall–Kier alpha value is -1.72. The number of nitrogens with two attached hydrogens (primary N) is 1. The van der Waals surface area contributed by atoms with Gasteiger partial charge in [-0.1, -0.05) is 0 Å². The van der Waals surface area contributed by atoms with Crippen LogP contribution in [0.2, 0.25) is 0 Å². The van der Waals surface area contributed by atoms with Crippen molar-refractivity contribution in [2.24, 2.45) is 0 Å². The normalized spacial score (nSPS) is 12.2. The largest absolute Gasteiger partial charge is 0.418 e. The minimum atomic E-state index is -4.43. The number of H-pyrrole nitrogens is 1. The zero-order valence-electron chi connectivity index (χ0n) is 6.89. The smallest absolute Gasteiger partial charge is 0.396 e. The zero-order valence-corrected chi connectivity index (χ0v) is 6.89. The highest BCUT2D eigenvalue weighted by molar-refractivity contribution is 5.88. The summed E-state index contributed by atoms with van der Waals surface area (Å²) in [6, 6.07) is 2.25. The number of fused-ring (bicyclic) bond motifs is 1. The van der Waals surface area contributed by atoms with E-state index in [0.717, 1.165) is 6.07 Å². The molecule has 0 aliphatic rings. The second-order valence-electron chi connectivity index (χ2n) is 2.82. The maximum atomic E-state index is 12.4. The Balaban J connectivity index is 2.74. The first-order chi connectivity index (χ1) is 6.50. The molecule has 74 valence electrons. The molecule has 0 amide bonds. The Morgan fingerprint density at radius 1 is 1.29 bits per heavy atom. The summed E-state index contributed by atoms with van der Waals surface area (Å²) in [6.07, 6.45) is -3.13. The summed E-state index contributed by atoms with van der Waals surface area (Å²) in [5.41, 5.74) is 4.81. The van der Waals surface area contributed by atoms with Crippen LogP contribution in [0.25, 0.3) is 11.0 Å². The summed E-state index contributed by atoms with van der Waals surface area (Å²) in [6.45, 7) is 0. The first-order valence-corrected chi connectivity index (χ1v) is 3.79. The van der Waals surface area contributed by atoms with Crippen LogP contribution in [-0.2, 0) is 6.18 Å². The highest BCUT2D eigenvalue weighted by Gasteiger charge is 2.33. The van der Waals surface area contributed by atoms with Gasteiger partial charge in [-0.25, -0.2) is 4.98 Å². The molecule has 1 aromatic heterocycles. The molecule has 1 aromatic carbocycles. The molecule has 0 aliphatic heterocycles. The van der Waals surface area contributed by atoms with Gasteiger partial charge in [-0.15, -0.1) is 0 Å². The molecule has 0 fully saturated rings. The van der Waals surface area contributed by atoms with E-state index in [1.807, 2.05) is 0 Å². The van der Waals surface area contributed by atoms with Gasteiger partial charge in [-0.3, -0.25) is 0 Å². The van der Waals surface area contributed by atoms with E-state index in [1.165, 1.54) is 12.4 Å². The van der Waals surface area contributed by atoms with E-state index in [4.69, 9.17) is 5.73 Å². The van der Waals surface area contributed by atoms with Gasteiger partial charge in [-0.2, -0.15) is 13.2 Å². The standard InChI is InChI=1S/C8H6F3N3/c9-8(10,11)4-1-2-5-7(6(4)12)14-3-13-5/h1-3H,12H2,(H,13,14). The van der Waals surface area contributed by atoms with Crippen LogP contribution in [0.15, 0.2) is 18.5 Å². The van der Waals surface area contributed by atoms with Gasteiger partial charge in [0.05, 0.1) is 23.1 Å². The molecule has 3 N–H and O–H groups in total. The topological polar surface area (TPSA) is 54.7 Å². The second kappa shape index (κ2) is 2.63. The number of halogens is 3. The van der Waals surface area contributed by atoms with Gasteiger partial charge < -0.3 is 10.7 Å². The van der Waals surface area contributed by atoms with Crippen LogP contribution in [0.5, 0.6) is 0 Å². The zero-order chi connectivity index (χ0) is 10.3. The number of imidazole rings is 1. The van der Waals surface area contributed by atoms with E-state index in [2.05, 4.69) is 9.97 Å². The molecule has 0 radical (unpaired) electrons. The average Bonchev–Trinajstić information content (AvgIpc) is 2.50. The summed E-state index contributed by atoms with van der Waals surface area (Å²) in [4.78, 5) is 6.39. The fourth-order valence-electron chi connectivity index (χ4n) is 1.28. The Kier molecular flexibility index (Phi) is 1.67. The number of nitrogens with one attached hydrogen (secondary N) is 1. The molecule has 2 aromatic rings. The van der Waals surface area contributed by atoms with Crippen molar-refractivity contribution in [1.29, 1.82) is 0 Å². The van der Waals surface area contributed by atoms with Crippen LogP contribution in [0.3, 0.4) is 0 Å². The SMILES string of the molecule is Nc1c(C(F)(F)F)ccc2[nH]cnc12. The molecule has 0 aliphatic carbocycles. The first-order valence-electron chi connectivity index (χ1n) is 3.79. The number of hydrogen-bond acceptors (Lipinski definition) is 2. The first kappa shape index (κ1) is 8.86. The molecule has 0 unspecified atom stereocenters. The van der Waals surface area contributed by atoms with E-state index in [-0.39, 0.29) is 11.2 Å². The maximum absolute atomic E-state index is 12.4. The molecule has 14 heavy (non-hydrogen) atoms. The Labute approximate surface area is 76.7 Å². The van der Waals surface area contributed by atoms with Crippen LogP contribution in [0, 0.1) is 0 Å². The molecular weight excluding hydrogens is 195 g/mol. The number of nitrogen functional groups attached to an aromatic ring is 1. The Morgan fingerprint density at radius 2 is 2.00 bits per heavy atom. The van der Waals surface area contributed by atoms with Crippen LogP contribution < -0.4 is 5.73 Å². The Morgan fingerprint density at radius 3 is 2.64 bits per heavy atom. The van der Waals surface area contributed by atoms with Gasteiger partial charge in [0.1, 0.15) is 5.52 Å². The maximum Gasteiger partial charge on any atom is 0.418 e. The minimum Gasteiger partial charge on any atom is -0.396 e. The van der Waals surface area contributed by atoms with Crippen molar-refractivity contribution in [1.82, 2.24) is 9.97 Å². The van der Waals surface area contributed by atoms with Gasteiger partial charge in [-0.05, 0) is 12.1 Å². The predicted octanol–water partition coefficient (Wildman–Crippen LogP) is 2.16. The van der Waals surface area contributed by atoms with Crippen molar-refractivity contribution in [3.8, 4) is 0 Å². The van der Waals surface area contributed by atoms with Crippen LogP contribution in [-0.4, -0.2) is 9.97 Å². The highest BCUT2D eigenvalue weighted by Crippen LogP contribution is 2.36. The molecule has 0 atom stereocenters. The van der Waals surface area contributed by atoms with Gasteiger partial charge >= 0.3 is 6.18 Å². The molecule has 0 saturated carbocycles. The van der Waals surface area contributed by atoms with Gasteiger partial charge in [0, 0.05) is 0 Å². The lowest BCUT2D eigenvalue weighted by atomic mass is 10.1. The monoisotopic (exact) mass is 201 g/mol. The summed E-state index contributed by atoms with van der Waals surface area (Å²) in [7, 11) is 0. The summed E-state index contributed by atoms with van der Waals surface area (Å²) >= 11 is 0. The van der Waals surface area contributed by atoms with Crippen molar-refractivity contribution in [3.05, 3.63) is 24.0 Å². The van der Waals surface area contributed by atoms with E-state index >= 15 is 0 Å². The number of aromatic nitrogens is 2. The Bertz CT molecular complexity index is 472. The fourth-order valence-corrected chi connectivity index (χ4v) is 1.28. The third-order valence-corrected chi connectivity index (χ3v) is 1.94. The predicted molar refractivity (Wildman–Crippen MR) is 45.5 cm³/mol. The van der Waals surface area contributed by atoms with Gasteiger partial charge in [0.2, 0.25) is 0 Å². The molecule has 6 heteroatoms. The summed E-state index contributed by atoms with van der Waals surface area (Å²) in [5.74, 6) is 0. The molecule has 0 bridgehead atoms. The molecule has 0 spiro atoms. The van der Waals surface area contributed by atoms with Gasteiger partial charge in [0.25, 0.3) is 0 Å². The van der Waals surface area contributed by atoms with Crippen molar-refractivity contribution in [2.75, 3.05) is 5.73 Å². The lowest BCUT2D eigenvalue weighted by Crippen LogP contribution is -2.08. The minimum absolute atomic E-state index is 0.153. The summed E-state index contributed by atoms with van der Waals surface area (Å²) < 4.78 is 37.1. The highest BCUT2D eigenvalue weighted by atomic mass is 19.4. The third-order valence-electron chi connectivity index (χ3n) is 1.94. The van der Waals surface area contributed by atoms with E-state index in [9.17, 15) is 13.2 Å². The van der Waals surface area contributed by atoms with E-state index in [0.29, 0.717) is 5.52 Å². The van der Waals surface area contributed by atoms with Crippen LogP contribution >= 0.6 is 0 Å². The number of benzene rings is 1. The lowest BCUT2D eigenvalue weighted by Gasteiger charge is -2.09. The van der Waals surface area contributed by atoms with Crippen molar-refractivity contribution >= 4 is 16.7 Å². The molecule has 1 heterocycles. The molecule has 0 saturated heterocycles. The van der Waals surface area contributed by atoms with Crippen molar-refractivity contribution < 1.29 is 13.2 Å². The molecule has 2 rings (SSSR count). The van der Waals surface area contributed by atoms with Gasteiger partial charge in [0.15, 0.2) is 0 Å². The number of rotatable bonds is 0. The third kappa shape index (κ3) is 1.19. The van der Waals surface area contributed by atoms with Crippen LogP contribution in [0.1, 0.15) is 5.56 Å². The quantitative estimate of drug-likeness (QED) is 0.641. The van der Waals surface area contributed by atoms with E-state index < -0.39 is 11.7 Å². The number of aromatic amines is 1. The lowest BCUT2D eigenvalue weighted by molar-refractivity contribution is -0.136. The fraction of sp³-hybridized carbons (Fsp3) is 0.125. The number of nitrogens with zero attached hydrogens (tertiary/aromatic N) is 1. The number of hydrogen-bond donors (Lipinski definition) is 2. The van der Waals surface area contributed by atoms with Crippen molar-refractivity contribution in [2.45, 2.75) is 6.18 Å². The van der Waals surface area contributed by atoms with Crippen molar-refractivity contribution in [3.63, 3.8) is 0 Å².